The molecule has 27 heavy (non-hydrogen) atoms. The maximum atomic E-state index is 14.1. The van der Waals surface area contributed by atoms with Gasteiger partial charge < -0.3 is 15.5 Å². The van der Waals surface area contributed by atoms with Crippen molar-refractivity contribution in [3.8, 4) is 0 Å². The fourth-order valence-electron chi connectivity index (χ4n) is 2.76. The van der Waals surface area contributed by atoms with Crippen LogP contribution in [0.25, 0.3) is 0 Å². The lowest BCUT2D eigenvalue weighted by atomic mass is 10.0. The van der Waals surface area contributed by atoms with Crippen molar-refractivity contribution in [3.05, 3.63) is 71.3 Å². The minimum atomic E-state index is -0.544. The number of rotatable bonds is 7. The van der Waals surface area contributed by atoms with E-state index >= 15 is 0 Å². The molecule has 7 heteroatoms. The van der Waals surface area contributed by atoms with Crippen LogP contribution in [0.2, 0.25) is 0 Å². The van der Waals surface area contributed by atoms with Crippen LogP contribution in [0, 0.1) is 11.6 Å². The highest BCUT2D eigenvalue weighted by molar-refractivity contribution is 14.0. The summed E-state index contributed by atoms with van der Waals surface area (Å²) in [5, 5.41) is 6.38. The first kappa shape index (κ1) is 23.3. The van der Waals surface area contributed by atoms with Crippen molar-refractivity contribution in [2.45, 2.75) is 12.5 Å². The topological polar surface area (TPSA) is 39.7 Å². The summed E-state index contributed by atoms with van der Waals surface area (Å²) >= 11 is 0. The molecule has 0 aliphatic rings. The van der Waals surface area contributed by atoms with Gasteiger partial charge in [-0.2, -0.15) is 0 Å². The molecule has 2 aromatic rings. The third-order valence-corrected chi connectivity index (χ3v) is 4.19. The monoisotopic (exact) mass is 488 g/mol. The summed E-state index contributed by atoms with van der Waals surface area (Å²) in [6.45, 7) is 1.04. The summed E-state index contributed by atoms with van der Waals surface area (Å²) in [6, 6.07) is 13.6. The standard InChI is InChI=1S/C20H26F2N4.HI/c1-23-20(24-13-12-15-8-5-4-6-9-15)25-14-18(26(2)3)19-16(21)10-7-11-17(19)22;/h4-11,18H,12-14H2,1-3H3,(H2,23,24,25);1H. The van der Waals surface area contributed by atoms with Gasteiger partial charge in [0.25, 0.3) is 0 Å². The normalized spacial score (nSPS) is 12.4. The van der Waals surface area contributed by atoms with Gasteiger partial charge in [-0.15, -0.1) is 24.0 Å². The first-order chi connectivity index (χ1) is 12.5. The second-order valence-electron chi connectivity index (χ2n) is 6.23. The van der Waals surface area contributed by atoms with Crippen LogP contribution in [0.15, 0.2) is 53.5 Å². The quantitative estimate of drug-likeness (QED) is 0.356. The Morgan fingerprint density at radius 2 is 1.63 bits per heavy atom. The van der Waals surface area contributed by atoms with E-state index in [9.17, 15) is 8.78 Å². The molecule has 4 nitrogen and oxygen atoms in total. The first-order valence-corrected chi connectivity index (χ1v) is 8.61. The smallest absolute Gasteiger partial charge is 0.191 e. The fraction of sp³-hybridized carbons (Fsp3) is 0.350. The van der Waals surface area contributed by atoms with Gasteiger partial charge in [-0.05, 0) is 38.2 Å². The molecule has 148 valence electrons. The molecule has 0 aromatic heterocycles. The summed E-state index contributed by atoms with van der Waals surface area (Å²) in [4.78, 5) is 5.96. The number of guanidine groups is 1. The highest BCUT2D eigenvalue weighted by atomic mass is 127. The summed E-state index contributed by atoms with van der Waals surface area (Å²) in [5.74, 6) is -0.487. The van der Waals surface area contributed by atoms with Gasteiger partial charge in [-0.3, -0.25) is 4.99 Å². The SMILES string of the molecule is CN=C(NCCc1ccccc1)NCC(c1c(F)cccc1F)N(C)C.I. The number of aliphatic imine (C=N–C) groups is 1. The second-order valence-corrected chi connectivity index (χ2v) is 6.23. The zero-order chi connectivity index (χ0) is 18.9. The molecule has 0 saturated heterocycles. The molecule has 0 fully saturated rings. The third kappa shape index (κ3) is 7.06. The van der Waals surface area contributed by atoms with E-state index < -0.39 is 17.7 Å². The Kier molecular flexibility index (Phi) is 10.2. The molecular formula is C20H27F2IN4. The van der Waals surface area contributed by atoms with Crippen molar-refractivity contribution in [2.24, 2.45) is 4.99 Å². The summed E-state index contributed by atoms with van der Waals surface area (Å²) in [6.07, 6.45) is 0.862. The van der Waals surface area contributed by atoms with Gasteiger partial charge in [0.05, 0.1) is 6.04 Å². The molecule has 0 amide bonds. The van der Waals surface area contributed by atoms with Crippen molar-refractivity contribution < 1.29 is 8.78 Å². The Morgan fingerprint density at radius 1 is 1.00 bits per heavy atom. The maximum absolute atomic E-state index is 14.1. The summed E-state index contributed by atoms with van der Waals surface area (Å²) in [5.41, 5.74) is 1.29. The van der Waals surface area contributed by atoms with Crippen LogP contribution in [-0.4, -0.2) is 45.1 Å². The van der Waals surface area contributed by atoms with Gasteiger partial charge in [-0.1, -0.05) is 36.4 Å². The zero-order valence-electron chi connectivity index (χ0n) is 15.9. The number of halogens is 3. The maximum Gasteiger partial charge on any atom is 0.191 e. The molecule has 0 aliphatic carbocycles. The van der Waals surface area contributed by atoms with Gasteiger partial charge in [0.1, 0.15) is 11.6 Å². The molecule has 2 N–H and O–H groups in total. The van der Waals surface area contributed by atoms with Crippen molar-refractivity contribution >= 4 is 29.9 Å². The molecule has 0 bridgehead atoms. The van der Waals surface area contributed by atoms with Crippen LogP contribution in [0.1, 0.15) is 17.2 Å². The zero-order valence-corrected chi connectivity index (χ0v) is 18.2. The highest BCUT2D eigenvalue weighted by Gasteiger charge is 2.22. The number of benzene rings is 2. The van der Waals surface area contributed by atoms with E-state index in [1.54, 1.807) is 26.0 Å². The molecule has 0 aliphatic heterocycles. The number of hydrogen-bond acceptors (Lipinski definition) is 2. The number of hydrogen-bond donors (Lipinski definition) is 2. The van der Waals surface area contributed by atoms with E-state index in [2.05, 4.69) is 27.8 Å². The molecule has 1 atom stereocenters. The number of nitrogens with zero attached hydrogens (tertiary/aromatic N) is 2. The van der Waals surface area contributed by atoms with Crippen molar-refractivity contribution in [1.29, 1.82) is 0 Å². The summed E-state index contributed by atoms with van der Waals surface area (Å²) in [7, 11) is 5.26. The Morgan fingerprint density at radius 3 is 2.19 bits per heavy atom. The molecule has 0 radical (unpaired) electrons. The van der Waals surface area contributed by atoms with Crippen LogP contribution >= 0.6 is 24.0 Å². The molecule has 0 heterocycles. The highest BCUT2D eigenvalue weighted by Crippen LogP contribution is 2.23. The van der Waals surface area contributed by atoms with Gasteiger partial charge >= 0.3 is 0 Å². The Hall–Kier alpha value is -1.74. The van der Waals surface area contributed by atoms with E-state index in [1.807, 2.05) is 18.2 Å². The van der Waals surface area contributed by atoms with Crippen LogP contribution < -0.4 is 10.6 Å². The fourth-order valence-corrected chi connectivity index (χ4v) is 2.76. The lowest BCUT2D eigenvalue weighted by molar-refractivity contribution is 0.282. The predicted molar refractivity (Wildman–Crippen MR) is 118 cm³/mol. The minimum Gasteiger partial charge on any atom is -0.356 e. The molecular weight excluding hydrogens is 461 g/mol. The van der Waals surface area contributed by atoms with Gasteiger partial charge in [0.2, 0.25) is 0 Å². The average Bonchev–Trinajstić information content (AvgIpc) is 2.63. The van der Waals surface area contributed by atoms with Crippen molar-refractivity contribution in [2.75, 3.05) is 34.2 Å². The van der Waals surface area contributed by atoms with Gasteiger partial charge in [-0.25, -0.2) is 8.78 Å². The molecule has 0 spiro atoms. The van der Waals surface area contributed by atoms with Gasteiger partial charge in [0.15, 0.2) is 5.96 Å². The molecule has 1 unspecified atom stereocenters. The van der Waals surface area contributed by atoms with Crippen LogP contribution in [-0.2, 0) is 6.42 Å². The van der Waals surface area contributed by atoms with Crippen LogP contribution in [0.5, 0.6) is 0 Å². The minimum absolute atomic E-state index is 0. The van der Waals surface area contributed by atoms with E-state index in [1.165, 1.54) is 23.8 Å². The molecule has 2 rings (SSSR count). The Balaban J connectivity index is 0.00000364. The molecule has 0 saturated carbocycles. The number of nitrogens with one attached hydrogen (secondary N) is 2. The second kappa shape index (κ2) is 11.9. The van der Waals surface area contributed by atoms with Crippen LogP contribution in [0.3, 0.4) is 0 Å². The molecule has 2 aromatic carbocycles. The largest absolute Gasteiger partial charge is 0.356 e. The summed E-state index contributed by atoms with van der Waals surface area (Å²) < 4.78 is 28.2. The lowest BCUT2D eigenvalue weighted by Gasteiger charge is -2.26. The Bertz CT molecular complexity index is 703. The third-order valence-electron chi connectivity index (χ3n) is 4.19. The van der Waals surface area contributed by atoms with Gasteiger partial charge in [0, 0.05) is 25.7 Å². The lowest BCUT2D eigenvalue weighted by Crippen LogP contribution is -2.42. The Labute approximate surface area is 177 Å². The van der Waals surface area contributed by atoms with E-state index in [0.717, 1.165) is 6.42 Å². The van der Waals surface area contributed by atoms with Crippen LogP contribution in [0.4, 0.5) is 8.78 Å². The van der Waals surface area contributed by atoms with E-state index in [0.29, 0.717) is 19.0 Å². The first-order valence-electron chi connectivity index (χ1n) is 8.61. The predicted octanol–water partition coefficient (Wildman–Crippen LogP) is 3.59. The van der Waals surface area contributed by atoms with Crippen molar-refractivity contribution in [1.82, 2.24) is 15.5 Å². The number of likely N-dealkylation sites (N-methyl/N-ethyl adjacent to an activating group) is 1. The van der Waals surface area contributed by atoms with Crippen molar-refractivity contribution in [3.63, 3.8) is 0 Å². The van der Waals surface area contributed by atoms with E-state index in [-0.39, 0.29) is 29.5 Å². The van der Waals surface area contributed by atoms with E-state index in [4.69, 9.17) is 0 Å². The average molecular weight is 488 g/mol.